The zero-order valence-electron chi connectivity index (χ0n) is 16.3. The molecule has 29 heavy (non-hydrogen) atoms. The van der Waals surface area contributed by atoms with E-state index in [9.17, 15) is 13.2 Å². The van der Waals surface area contributed by atoms with Crippen LogP contribution in [-0.4, -0.2) is 27.5 Å². The summed E-state index contributed by atoms with van der Waals surface area (Å²) < 4.78 is 33.1. The average molecular weight is 457 g/mol. The molecule has 3 rings (SSSR count). The molecular formula is C20H22Cl2N2O4S. The predicted molar refractivity (Wildman–Crippen MR) is 113 cm³/mol. The van der Waals surface area contributed by atoms with Gasteiger partial charge in [0.15, 0.2) is 0 Å². The van der Waals surface area contributed by atoms with Crippen LogP contribution in [0.2, 0.25) is 10.0 Å². The van der Waals surface area contributed by atoms with Gasteiger partial charge in [-0.15, -0.1) is 0 Å². The van der Waals surface area contributed by atoms with Gasteiger partial charge in [-0.1, -0.05) is 40.9 Å². The lowest BCUT2D eigenvalue weighted by atomic mass is 10.0. The van der Waals surface area contributed by atoms with Crippen molar-refractivity contribution in [2.45, 2.75) is 43.7 Å². The highest BCUT2D eigenvalue weighted by molar-refractivity contribution is 7.89. The van der Waals surface area contributed by atoms with E-state index in [1.165, 1.54) is 12.1 Å². The minimum absolute atomic E-state index is 0.0331. The van der Waals surface area contributed by atoms with Crippen molar-refractivity contribution in [1.29, 1.82) is 0 Å². The van der Waals surface area contributed by atoms with Crippen LogP contribution in [0.15, 0.2) is 35.2 Å². The Kier molecular flexibility index (Phi) is 6.43. The molecule has 1 saturated carbocycles. The zero-order valence-corrected chi connectivity index (χ0v) is 18.6. The third-order valence-electron chi connectivity index (χ3n) is 4.65. The van der Waals surface area contributed by atoms with Crippen molar-refractivity contribution in [2.24, 2.45) is 0 Å². The van der Waals surface area contributed by atoms with Crippen LogP contribution in [-0.2, 0) is 10.0 Å². The molecule has 1 amide bonds. The molecule has 1 aliphatic carbocycles. The van der Waals surface area contributed by atoms with E-state index in [4.69, 9.17) is 27.9 Å². The van der Waals surface area contributed by atoms with E-state index in [0.717, 1.165) is 24.0 Å². The SMILES string of the molecule is COc1ccc(C)cc1C(C)NC(=O)c1cc(S(=O)(=O)NC2CC2)c(Cl)cc1Cl. The van der Waals surface area contributed by atoms with Gasteiger partial charge in [0, 0.05) is 11.6 Å². The van der Waals surface area contributed by atoms with Crippen LogP contribution >= 0.6 is 23.2 Å². The molecule has 2 N–H and O–H groups in total. The van der Waals surface area contributed by atoms with Crippen LogP contribution in [0.4, 0.5) is 0 Å². The summed E-state index contributed by atoms with van der Waals surface area (Å²) in [6.45, 7) is 3.75. The molecule has 0 bridgehead atoms. The van der Waals surface area contributed by atoms with Crippen molar-refractivity contribution >= 4 is 39.1 Å². The van der Waals surface area contributed by atoms with Crippen molar-refractivity contribution in [3.05, 3.63) is 57.1 Å². The summed E-state index contributed by atoms with van der Waals surface area (Å²) in [5.74, 6) is 0.133. The molecule has 0 radical (unpaired) electrons. The minimum atomic E-state index is -3.84. The molecule has 0 aromatic heterocycles. The number of methoxy groups -OCH3 is 1. The summed E-state index contributed by atoms with van der Waals surface area (Å²) in [6.07, 6.45) is 1.57. The quantitative estimate of drug-likeness (QED) is 0.652. The molecule has 1 aliphatic rings. The Balaban J connectivity index is 1.89. The van der Waals surface area contributed by atoms with Gasteiger partial charge in [0.2, 0.25) is 10.0 Å². The van der Waals surface area contributed by atoms with Crippen LogP contribution in [0.3, 0.4) is 0 Å². The molecule has 156 valence electrons. The largest absolute Gasteiger partial charge is 0.496 e. The number of carbonyl (C=O) groups is 1. The molecule has 0 saturated heterocycles. The van der Waals surface area contributed by atoms with Crippen LogP contribution in [0.5, 0.6) is 5.75 Å². The third kappa shape index (κ3) is 5.04. The Labute approximate surface area is 180 Å². The van der Waals surface area contributed by atoms with Crippen LogP contribution in [0, 0.1) is 6.92 Å². The normalized spacial score (nSPS) is 15.1. The Hall–Kier alpha value is -1.80. The lowest BCUT2D eigenvalue weighted by Crippen LogP contribution is -2.29. The Morgan fingerprint density at radius 2 is 1.86 bits per heavy atom. The first-order valence-corrected chi connectivity index (χ1v) is 11.3. The van der Waals surface area contributed by atoms with Crippen molar-refractivity contribution in [2.75, 3.05) is 7.11 Å². The first-order chi connectivity index (χ1) is 13.6. The summed E-state index contributed by atoms with van der Waals surface area (Å²) in [6, 6.07) is 7.67. The number of carbonyl (C=O) groups excluding carboxylic acids is 1. The highest BCUT2D eigenvalue weighted by atomic mass is 35.5. The second-order valence-corrected chi connectivity index (χ2v) is 9.60. The number of rotatable bonds is 7. The molecule has 2 aromatic rings. The molecule has 1 fully saturated rings. The van der Waals surface area contributed by atoms with Gasteiger partial charge >= 0.3 is 0 Å². The third-order valence-corrected chi connectivity index (χ3v) is 6.95. The van der Waals surface area contributed by atoms with Crippen molar-refractivity contribution < 1.29 is 17.9 Å². The first kappa shape index (κ1) is 21.9. The average Bonchev–Trinajstić information content (AvgIpc) is 3.44. The molecule has 6 nitrogen and oxygen atoms in total. The van der Waals surface area contributed by atoms with Gasteiger partial charge in [0.05, 0.1) is 28.8 Å². The highest BCUT2D eigenvalue weighted by Crippen LogP contribution is 2.32. The summed E-state index contributed by atoms with van der Waals surface area (Å²) >= 11 is 12.3. The van der Waals surface area contributed by atoms with Crippen molar-refractivity contribution in [1.82, 2.24) is 10.0 Å². The van der Waals surface area contributed by atoms with E-state index in [1.54, 1.807) is 7.11 Å². The van der Waals surface area contributed by atoms with Gasteiger partial charge in [-0.2, -0.15) is 0 Å². The number of benzene rings is 2. The monoisotopic (exact) mass is 456 g/mol. The lowest BCUT2D eigenvalue weighted by Gasteiger charge is -2.19. The molecule has 0 aliphatic heterocycles. The minimum Gasteiger partial charge on any atom is -0.496 e. The van der Waals surface area contributed by atoms with E-state index in [-0.39, 0.29) is 26.5 Å². The maximum atomic E-state index is 12.9. The maximum Gasteiger partial charge on any atom is 0.253 e. The number of aryl methyl sites for hydroxylation is 1. The molecular weight excluding hydrogens is 435 g/mol. The second kappa shape index (κ2) is 8.52. The van der Waals surface area contributed by atoms with Crippen LogP contribution < -0.4 is 14.8 Å². The molecule has 2 aromatic carbocycles. The van der Waals surface area contributed by atoms with Gasteiger partial charge in [0.25, 0.3) is 5.91 Å². The summed E-state index contributed by atoms with van der Waals surface area (Å²) in [4.78, 5) is 12.7. The smallest absolute Gasteiger partial charge is 0.253 e. The van der Waals surface area contributed by atoms with Gasteiger partial charge < -0.3 is 10.1 Å². The van der Waals surface area contributed by atoms with Crippen molar-refractivity contribution in [3.8, 4) is 5.75 Å². The number of amides is 1. The number of ether oxygens (including phenoxy) is 1. The lowest BCUT2D eigenvalue weighted by molar-refractivity contribution is 0.0939. The van der Waals surface area contributed by atoms with E-state index in [1.807, 2.05) is 32.0 Å². The highest BCUT2D eigenvalue weighted by Gasteiger charge is 2.30. The standard InChI is InChI=1S/C20H22Cl2N2O4S/c1-11-4-7-18(28-3)14(8-11)12(2)23-20(25)15-9-19(17(22)10-16(15)21)29(26,27)24-13-5-6-13/h4,7-10,12-13,24H,5-6H2,1-3H3,(H,23,25). The summed E-state index contributed by atoms with van der Waals surface area (Å²) in [5.41, 5.74) is 1.85. The van der Waals surface area contributed by atoms with E-state index in [2.05, 4.69) is 10.0 Å². The van der Waals surface area contributed by atoms with Crippen LogP contribution in [0.25, 0.3) is 0 Å². The fraction of sp³-hybridized carbons (Fsp3) is 0.350. The fourth-order valence-electron chi connectivity index (χ4n) is 2.94. The van der Waals surface area contributed by atoms with Crippen molar-refractivity contribution in [3.63, 3.8) is 0 Å². The number of nitrogens with one attached hydrogen (secondary N) is 2. The number of hydrogen-bond donors (Lipinski definition) is 2. The fourth-order valence-corrected chi connectivity index (χ4v) is 5.10. The Morgan fingerprint density at radius 1 is 1.17 bits per heavy atom. The van der Waals surface area contributed by atoms with Gasteiger partial charge in [-0.3, -0.25) is 4.79 Å². The maximum absolute atomic E-state index is 12.9. The molecule has 0 heterocycles. The second-order valence-electron chi connectivity index (χ2n) is 7.10. The molecule has 9 heteroatoms. The Bertz CT molecular complexity index is 1050. The predicted octanol–water partition coefficient (Wildman–Crippen LogP) is 4.24. The van der Waals surface area contributed by atoms with E-state index < -0.39 is 22.0 Å². The van der Waals surface area contributed by atoms with Gasteiger partial charge in [-0.25, -0.2) is 13.1 Å². The number of halogens is 2. The summed E-state index contributed by atoms with van der Waals surface area (Å²) in [5, 5.41) is 2.88. The van der Waals surface area contributed by atoms with Gasteiger partial charge in [0.1, 0.15) is 10.6 Å². The Morgan fingerprint density at radius 3 is 2.48 bits per heavy atom. The van der Waals surface area contributed by atoms with E-state index in [0.29, 0.717) is 5.75 Å². The summed E-state index contributed by atoms with van der Waals surface area (Å²) in [7, 11) is -2.28. The van der Waals surface area contributed by atoms with Gasteiger partial charge in [-0.05, 0) is 44.9 Å². The zero-order chi connectivity index (χ0) is 21.3. The first-order valence-electron chi connectivity index (χ1n) is 9.09. The molecule has 1 unspecified atom stereocenters. The van der Waals surface area contributed by atoms with Crippen LogP contribution in [0.1, 0.15) is 47.3 Å². The number of sulfonamides is 1. The van der Waals surface area contributed by atoms with E-state index >= 15 is 0 Å². The topological polar surface area (TPSA) is 84.5 Å². The molecule has 1 atom stereocenters. The molecule has 0 spiro atoms. The number of hydrogen-bond acceptors (Lipinski definition) is 4.